The van der Waals surface area contributed by atoms with Gasteiger partial charge in [-0.15, -0.1) is 0 Å². The highest BCUT2D eigenvalue weighted by atomic mass is 79.9. The lowest BCUT2D eigenvalue weighted by Gasteiger charge is -2.05. The van der Waals surface area contributed by atoms with Crippen LogP contribution in [0.3, 0.4) is 0 Å². The molecule has 0 saturated carbocycles. The Morgan fingerprint density at radius 2 is 2.06 bits per heavy atom. The number of aryl methyl sites for hydroxylation is 1. The molecule has 3 rings (SSSR count). The number of aromatic amines is 1. The molecule has 18 heavy (non-hydrogen) atoms. The number of nitrogen functional groups attached to an aromatic ring is 1. The number of H-pyrrole nitrogens is 1. The minimum Gasteiger partial charge on any atom is -0.398 e. The number of fused-ring (bicyclic) bond motifs is 1. The Morgan fingerprint density at radius 1 is 1.22 bits per heavy atom. The second-order valence-electron chi connectivity index (χ2n) is 4.29. The van der Waals surface area contributed by atoms with E-state index in [0.717, 1.165) is 38.1 Å². The van der Waals surface area contributed by atoms with E-state index in [0.29, 0.717) is 0 Å². The van der Waals surface area contributed by atoms with Gasteiger partial charge in [-0.25, -0.2) is 4.98 Å². The maximum Gasteiger partial charge on any atom is 0.140 e. The van der Waals surface area contributed by atoms with Crippen molar-refractivity contribution < 1.29 is 0 Å². The van der Waals surface area contributed by atoms with Gasteiger partial charge in [-0.3, -0.25) is 0 Å². The van der Waals surface area contributed by atoms with Crippen molar-refractivity contribution >= 4 is 32.7 Å². The molecule has 0 spiro atoms. The highest BCUT2D eigenvalue weighted by Gasteiger charge is 2.10. The third-order valence-electron chi connectivity index (χ3n) is 2.99. The molecule has 0 aliphatic heterocycles. The van der Waals surface area contributed by atoms with Gasteiger partial charge in [-0.1, -0.05) is 28.1 Å². The Bertz CT molecular complexity index is 711. The van der Waals surface area contributed by atoms with Crippen molar-refractivity contribution in [1.82, 2.24) is 9.97 Å². The van der Waals surface area contributed by atoms with Crippen molar-refractivity contribution in [3.05, 3.63) is 46.4 Å². The molecule has 0 amide bonds. The number of rotatable bonds is 1. The van der Waals surface area contributed by atoms with Crippen molar-refractivity contribution in [2.75, 3.05) is 5.73 Å². The Balaban J connectivity index is 2.26. The van der Waals surface area contributed by atoms with Crippen LogP contribution in [0.1, 0.15) is 5.56 Å². The van der Waals surface area contributed by atoms with Gasteiger partial charge < -0.3 is 10.7 Å². The zero-order valence-electron chi connectivity index (χ0n) is 9.87. The average molecular weight is 302 g/mol. The van der Waals surface area contributed by atoms with E-state index in [1.165, 1.54) is 0 Å². The number of hydrogen-bond donors (Lipinski definition) is 2. The minimum absolute atomic E-state index is 0.744. The molecular formula is C14H12BrN3. The summed E-state index contributed by atoms with van der Waals surface area (Å²) in [6.07, 6.45) is 0. The lowest BCUT2D eigenvalue weighted by Crippen LogP contribution is -1.93. The molecule has 3 nitrogen and oxygen atoms in total. The van der Waals surface area contributed by atoms with E-state index in [4.69, 9.17) is 5.73 Å². The molecule has 90 valence electrons. The van der Waals surface area contributed by atoms with E-state index in [-0.39, 0.29) is 0 Å². The summed E-state index contributed by atoms with van der Waals surface area (Å²) in [6.45, 7) is 2.04. The van der Waals surface area contributed by atoms with Crippen LogP contribution in [-0.4, -0.2) is 9.97 Å². The monoisotopic (exact) mass is 301 g/mol. The topological polar surface area (TPSA) is 54.7 Å². The van der Waals surface area contributed by atoms with E-state index in [9.17, 15) is 0 Å². The fraction of sp³-hybridized carbons (Fsp3) is 0.0714. The third-order valence-corrected chi connectivity index (χ3v) is 3.48. The van der Waals surface area contributed by atoms with Gasteiger partial charge in [0.25, 0.3) is 0 Å². The highest BCUT2D eigenvalue weighted by molar-refractivity contribution is 9.10. The third kappa shape index (κ3) is 1.78. The molecule has 0 saturated heterocycles. The lowest BCUT2D eigenvalue weighted by molar-refractivity contribution is 1.31. The second-order valence-corrected chi connectivity index (χ2v) is 5.20. The minimum atomic E-state index is 0.744. The summed E-state index contributed by atoms with van der Waals surface area (Å²) in [5.41, 5.74) is 10.8. The standard InChI is InChI=1S/C14H12BrN3/c1-8-3-2-4-10(16)13(8)14-17-11-6-5-9(15)7-12(11)18-14/h2-7H,16H2,1H3,(H,17,18). The van der Waals surface area contributed by atoms with Gasteiger partial charge in [0, 0.05) is 15.7 Å². The SMILES string of the molecule is Cc1cccc(N)c1-c1nc2ccc(Br)cc2[nH]1. The Morgan fingerprint density at radius 3 is 2.83 bits per heavy atom. The Kier molecular flexibility index (Phi) is 2.59. The number of halogens is 1. The molecular weight excluding hydrogens is 290 g/mol. The molecule has 1 heterocycles. The largest absolute Gasteiger partial charge is 0.398 e. The number of anilines is 1. The zero-order chi connectivity index (χ0) is 12.7. The first-order valence-electron chi connectivity index (χ1n) is 5.66. The Hall–Kier alpha value is -1.81. The fourth-order valence-electron chi connectivity index (χ4n) is 2.11. The number of hydrogen-bond acceptors (Lipinski definition) is 2. The van der Waals surface area contributed by atoms with Crippen LogP contribution in [0.4, 0.5) is 5.69 Å². The maximum absolute atomic E-state index is 6.04. The van der Waals surface area contributed by atoms with E-state index in [1.54, 1.807) is 0 Å². The molecule has 0 atom stereocenters. The summed E-state index contributed by atoms with van der Waals surface area (Å²) in [5.74, 6) is 0.818. The van der Waals surface area contributed by atoms with Gasteiger partial charge in [-0.05, 0) is 36.8 Å². The zero-order valence-corrected chi connectivity index (χ0v) is 11.5. The molecule has 0 fully saturated rings. The first-order chi connectivity index (χ1) is 8.65. The van der Waals surface area contributed by atoms with Gasteiger partial charge in [0.15, 0.2) is 0 Å². The van der Waals surface area contributed by atoms with Gasteiger partial charge in [0.05, 0.1) is 11.0 Å². The van der Waals surface area contributed by atoms with Crippen LogP contribution in [0, 0.1) is 6.92 Å². The number of nitrogens with zero attached hydrogens (tertiary/aromatic N) is 1. The quantitative estimate of drug-likeness (QED) is 0.670. The molecule has 0 aliphatic carbocycles. The molecule has 3 N–H and O–H groups in total. The smallest absolute Gasteiger partial charge is 0.140 e. The number of benzene rings is 2. The summed E-state index contributed by atoms with van der Waals surface area (Å²) < 4.78 is 1.03. The molecule has 0 aliphatic rings. The highest BCUT2D eigenvalue weighted by Crippen LogP contribution is 2.29. The van der Waals surface area contributed by atoms with Gasteiger partial charge in [0.1, 0.15) is 5.82 Å². The first kappa shape index (κ1) is 11.3. The van der Waals surface area contributed by atoms with Crippen LogP contribution in [0.15, 0.2) is 40.9 Å². The molecule has 1 aromatic heterocycles. The number of nitrogens with one attached hydrogen (secondary N) is 1. The number of nitrogens with two attached hydrogens (primary N) is 1. The summed E-state index contributed by atoms with van der Waals surface area (Å²) in [6, 6.07) is 11.9. The van der Waals surface area contributed by atoms with E-state index < -0.39 is 0 Å². The number of aromatic nitrogens is 2. The normalized spacial score (nSPS) is 11.0. The van der Waals surface area contributed by atoms with E-state index >= 15 is 0 Å². The summed E-state index contributed by atoms with van der Waals surface area (Å²) in [7, 11) is 0. The lowest BCUT2D eigenvalue weighted by atomic mass is 10.1. The van der Waals surface area contributed by atoms with Gasteiger partial charge in [0.2, 0.25) is 0 Å². The van der Waals surface area contributed by atoms with Crippen LogP contribution >= 0.6 is 15.9 Å². The van der Waals surface area contributed by atoms with Crippen molar-refractivity contribution in [2.45, 2.75) is 6.92 Å². The molecule has 0 bridgehead atoms. The summed E-state index contributed by atoms with van der Waals surface area (Å²) >= 11 is 3.45. The summed E-state index contributed by atoms with van der Waals surface area (Å²) in [5, 5.41) is 0. The molecule has 4 heteroatoms. The maximum atomic E-state index is 6.04. The van der Waals surface area contributed by atoms with Crippen LogP contribution in [0.2, 0.25) is 0 Å². The Labute approximate surface area is 113 Å². The van der Waals surface area contributed by atoms with Crippen molar-refractivity contribution in [2.24, 2.45) is 0 Å². The predicted octanol–water partition coefficient (Wildman–Crippen LogP) is 3.88. The van der Waals surface area contributed by atoms with Gasteiger partial charge in [-0.2, -0.15) is 0 Å². The molecule has 3 aromatic rings. The van der Waals surface area contributed by atoms with Crippen LogP contribution in [-0.2, 0) is 0 Å². The van der Waals surface area contributed by atoms with Crippen molar-refractivity contribution in [3.8, 4) is 11.4 Å². The van der Waals surface area contributed by atoms with Crippen LogP contribution < -0.4 is 5.73 Å². The van der Waals surface area contributed by atoms with Gasteiger partial charge >= 0.3 is 0 Å². The average Bonchev–Trinajstić information content (AvgIpc) is 2.71. The van der Waals surface area contributed by atoms with Crippen molar-refractivity contribution in [1.29, 1.82) is 0 Å². The van der Waals surface area contributed by atoms with E-state index in [1.807, 2.05) is 43.3 Å². The van der Waals surface area contributed by atoms with Crippen molar-refractivity contribution in [3.63, 3.8) is 0 Å². The first-order valence-corrected chi connectivity index (χ1v) is 6.45. The fourth-order valence-corrected chi connectivity index (χ4v) is 2.48. The number of imidazole rings is 1. The summed E-state index contributed by atoms with van der Waals surface area (Å²) in [4.78, 5) is 7.90. The predicted molar refractivity (Wildman–Crippen MR) is 78.4 cm³/mol. The molecule has 2 aromatic carbocycles. The van der Waals surface area contributed by atoms with Crippen LogP contribution in [0.25, 0.3) is 22.4 Å². The molecule has 0 radical (unpaired) electrons. The van der Waals surface area contributed by atoms with E-state index in [2.05, 4.69) is 25.9 Å². The molecule has 0 unspecified atom stereocenters. The van der Waals surface area contributed by atoms with Crippen LogP contribution in [0.5, 0.6) is 0 Å². The second kappa shape index (κ2) is 4.14.